The maximum atomic E-state index is 8.13. The third kappa shape index (κ3) is 4.01. The van der Waals surface area contributed by atoms with Gasteiger partial charge in [0.25, 0.3) is 0 Å². The lowest BCUT2D eigenvalue weighted by Crippen LogP contribution is -2.26. The van der Waals surface area contributed by atoms with Crippen LogP contribution in [0.2, 0.25) is 0 Å². The van der Waals surface area contributed by atoms with E-state index < -0.39 is 0 Å². The van der Waals surface area contributed by atoms with Crippen LogP contribution in [0.25, 0.3) is 0 Å². The predicted molar refractivity (Wildman–Crippen MR) is 29.8 cm³/mol. The fourth-order valence-electron chi connectivity index (χ4n) is 0.134. The first kappa shape index (κ1) is 10.8. The minimum absolute atomic E-state index is 0. The maximum absolute atomic E-state index is 8.13. The van der Waals surface area contributed by atoms with Crippen LogP contribution < -0.4 is 0 Å². The number of aliphatic hydroxyl groups is 3. The minimum atomic E-state index is -0.312. The highest BCUT2D eigenvalue weighted by Crippen LogP contribution is 1.75. The van der Waals surface area contributed by atoms with E-state index in [1.807, 2.05) is 0 Å². The Morgan fingerprint density at radius 2 is 1.12 bits per heavy atom. The molecule has 0 aliphatic rings. The van der Waals surface area contributed by atoms with Gasteiger partial charge in [-0.15, -0.1) is 0 Å². The zero-order valence-electron chi connectivity index (χ0n) is 3.91. The lowest BCUT2D eigenvalue weighted by Gasteiger charge is -2.09. The molecule has 0 atom stereocenters. The molecule has 52 valence electrons. The molecule has 0 heterocycles. The predicted octanol–water partition coefficient (Wildman–Crippen LogP) is -1.23. The first-order chi connectivity index (χ1) is 3.35. The monoisotopic (exact) mass is 123 g/mol. The van der Waals surface area contributed by atoms with Crippen LogP contribution in [0, 0.1) is 0 Å². The fourth-order valence-corrected chi connectivity index (χ4v) is 0.134. The van der Waals surface area contributed by atoms with Crippen LogP contribution in [0.3, 0.4) is 0 Å². The zero-order valence-corrected chi connectivity index (χ0v) is 3.91. The van der Waals surface area contributed by atoms with E-state index in [9.17, 15) is 0 Å². The van der Waals surface area contributed by atoms with Crippen molar-refractivity contribution in [2.24, 2.45) is 0 Å². The number of hydrogen-bond donors (Lipinski definition) is 3. The highest BCUT2D eigenvalue weighted by Gasteiger charge is 1.93. The molecular weight excluding hydrogens is 110 g/mol. The van der Waals surface area contributed by atoms with E-state index in [1.165, 1.54) is 0 Å². The van der Waals surface area contributed by atoms with Crippen LogP contribution >= 0.6 is 0 Å². The van der Waals surface area contributed by atoms with E-state index in [1.54, 1.807) is 0 Å². The van der Waals surface area contributed by atoms with E-state index in [4.69, 9.17) is 15.3 Å². The van der Waals surface area contributed by atoms with E-state index >= 15 is 0 Å². The van der Waals surface area contributed by atoms with Gasteiger partial charge in [0, 0.05) is 0 Å². The molecule has 0 aromatic rings. The first-order valence-electron chi connectivity index (χ1n) is 1.90. The van der Waals surface area contributed by atoms with Crippen molar-refractivity contribution in [2.75, 3.05) is 20.2 Å². The summed E-state index contributed by atoms with van der Waals surface area (Å²) in [6.07, 6.45) is 0. The molecule has 0 amide bonds. The number of rotatable bonds is 3. The Bertz CT molecular complexity index is 32.8. The van der Waals surface area contributed by atoms with E-state index in [0.717, 1.165) is 4.90 Å². The molecule has 4 heteroatoms. The van der Waals surface area contributed by atoms with Crippen LogP contribution in [0.15, 0.2) is 0 Å². The van der Waals surface area contributed by atoms with Crippen molar-refractivity contribution in [3.8, 4) is 0 Å². The van der Waals surface area contributed by atoms with Gasteiger partial charge in [0.1, 0.15) is 0 Å². The van der Waals surface area contributed by atoms with Crippen LogP contribution in [-0.2, 0) is 0 Å². The molecule has 4 nitrogen and oxygen atoms in total. The van der Waals surface area contributed by atoms with Gasteiger partial charge in [0.15, 0.2) is 0 Å². The molecule has 0 unspecified atom stereocenters. The number of nitrogens with zero attached hydrogens (tertiary/aromatic N) is 1. The SMILES string of the molecule is C.OCN(CO)CO. The van der Waals surface area contributed by atoms with Crippen LogP contribution in [0.4, 0.5) is 0 Å². The summed E-state index contributed by atoms with van der Waals surface area (Å²) in [4.78, 5) is 1.04. The molecular formula is C4H13NO3. The highest BCUT2D eigenvalue weighted by molar-refractivity contribution is 4.28. The van der Waals surface area contributed by atoms with Gasteiger partial charge in [0.2, 0.25) is 0 Å². The summed E-state index contributed by atoms with van der Waals surface area (Å²) >= 11 is 0. The second kappa shape index (κ2) is 6.84. The maximum Gasteiger partial charge on any atom is 0.0993 e. The smallest absolute Gasteiger partial charge is 0.0993 e. The minimum Gasteiger partial charge on any atom is -0.381 e. The molecule has 0 saturated heterocycles. The third-order valence-corrected chi connectivity index (χ3v) is 0.600. The molecule has 0 fully saturated rings. The van der Waals surface area contributed by atoms with Crippen molar-refractivity contribution >= 4 is 0 Å². The quantitative estimate of drug-likeness (QED) is 0.411. The van der Waals surface area contributed by atoms with Gasteiger partial charge in [0.05, 0.1) is 20.2 Å². The molecule has 0 spiro atoms. The van der Waals surface area contributed by atoms with Crippen molar-refractivity contribution < 1.29 is 15.3 Å². The highest BCUT2D eigenvalue weighted by atomic mass is 16.3. The van der Waals surface area contributed by atoms with Crippen molar-refractivity contribution in [3.05, 3.63) is 0 Å². The van der Waals surface area contributed by atoms with Gasteiger partial charge in [-0.2, -0.15) is 0 Å². The molecule has 0 aliphatic heterocycles. The normalized spacial score (nSPS) is 9.00. The Hall–Kier alpha value is -0.160. The van der Waals surface area contributed by atoms with Gasteiger partial charge < -0.3 is 15.3 Å². The average Bonchev–Trinajstić information content (AvgIpc) is 1.72. The Balaban J connectivity index is 0. The summed E-state index contributed by atoms with van der Waals surface area (Å²) < 4.78 is 0. The van der Waals surface area contributed by atoms with E-state index in [2.05, 4.69) is 0 Å². The molecule has 3 N–H and O–H groups in total. The lowest BCUT2D eigenvalue weighted by atomic mass is 10.9. The van der Waals surface area contributed by atoms with Crippen LogP contribution in [-0.4, -0.2) is 40.4 Å². The molecule has 0 bridgehead atoms. The molecule has 0 aromatic heterocycles. The second-order valence-electron chi connectivity index (χ2n) is 1.10. The summed E-state index contributed by atoms with van der Waals surface area (Å²) in [6, 6.07) is 0. The summed E-state index contributed by atoms with van der Waals surface area (Å²) in [6.45, 7) is -0.938. The van der Waals surface area contributed by atoms with Gasteiger partial charge in [-0.05, 0) is 0 Å². The summed E-state index contributed by atoms with van der Waals surface area (Å²) in [5.74, 6) is 0. The molecule has 0 rings (SSSR count). The standard InChI is InChI=1S/C3H9NO3.CH4/c5-1-4(2-6)3-7;/h5-7H,1-3H2;1H4. The van der Waals surface area contributed by atoms with Gasteiger partial charge in [-0.3, -0.25) is 0 Å². The Morgan fingerprint density at radius 1 is 0.875 bits per heavy atom. The van der Waals surface area contributed by atoms with E-state index in [0.29, 0.717) is 0 Å². The Kier molecular flexibility index (Phi) is 9.20. The fraction of sp³-hybridized carbons (Fsp3) is 1.00. The van der Waals surface area contributed by atoms with Crippen molar-refractivity contribution in [1.82, 2.24) is 4.90 Å². The lowest BCUT2D eigenvalue weighted by molar-refractivity contribution is -0.0268. The Morgan fingerprint density at radius 3 is 1.12 bits per heavy atom. The van der Waals surface area contributed by atoms with Crippen LogP contribution in [0.1, 0.15) is 7.43 Å². The van der Waals surface area contributed by atoms with Crippen molar-refractivity contribution in [3.63, 3.8) is 0 Å². The third-order valence-electron chi connectivity index (χ3n) is 0.600. The number of hydrogen-bond acceptors (Lipinski definition) is 4. The van der Waals surface area contributed by atoms with E-state index in [-0.39, 0.29) is 27.6 Å². The molecule has 0 aromatic carbocycles. The largest absolute Gasteiger partial charge is 0.381 e. The zero-order chi connectivity index (χ0) is 5.70. The Labute approximate surface area is 49.0 Å². The van der Waals surface area contributed by atoms with Gasteiger partial charge >= 0.3 is 0 Å². The van der Waals surface area contributed by atoms with Crippen molar-refractivity contribution in [2.45, 2.75) is 7.43 Å². The molecule has 8 heavy (non-hydrogen) atoms. The van der Waals surface area contributed by atoms with Gasteiger partial charge in [-0.25, -0.2) is 4.90 Å². The first-order valence-corrected chi connectivity index (χ1v) is 1.90. The van der Waals surface area contributed by atoms with Crippen LogP contribution in [0.5, 0.6) is 0 Å². The average molecular weight is 123 g/mol. The van der Waals surface area contributed by atoms with Gasteiger partial charge in [-0.1, -0.05) is 7.43 Å². The molecule has 0 radical (unpaired) electrons. The topological polar surface area (TPSA) is 63.9 Å². The second-order valence-corrected chi connectivity index (χ2v) is 1.10. The molecule has 0 saturated carbocycles. The summed E-state index contributed by atoms with van der Waals surface area (Å²) in [5, 5.41) is 24.4. The summed E-state index contributed by atoms with van der Waals surface area (Å²) in [7, 11) is 0. The summed E-state index contributed by atoms with van der Waals surface area (Å²) in [5.41, 5.74) is 0. The molecule has 0 aliphatic carbocycles. The van der Waals surface area contributed by atoms with Crippen molar-refractivity contribution in [1.29, 1.82) is 0 Å². The number of aliphatic hydroxyl groups excluding tert-OH is 3.